The summed E-state index contributed by atoms with van der Waals surface area (Å²) in [5.74, 6) is 0.684. The first-order valence-corrected chi connectivity index (χ1v) is 7.27. The van der Waals surface area contributed by atoms with E-state index in [2.05, 4.69) is 4.74 Å². The molecule has 0 N–H and O–H groups in total. The van der Waals surface area contributed by atoms with Crippen LogP contribution in [-0.4, -0.2) is 26.5 Å². The lowest BCUT2D eigenvalue weighted by atomic mass is 10.1. The van der Waals surface area contributed by atoms with Gasteiger partial charge in [-0.1, -0.05) is 24.3 Å². The molecule has 0 fully saturated rings. The van der Waals surface area contributed by atoms with Gasteiger partial charge in [0.25, 0.3) is 0 Å². The molecule has 2 rings (SSSR count). The fraction of sp³-hybridized carbons (Fsp3) is 0.158. The average molecular weight is 326 g/mol. The van der Waals surface area contributed by atoms with Crippen LogP contribution in [0.4, 0.5) is 0 Å². The number of ether oxygens (including phenoxy) is 3. The molecule has 0 atom stereocenters. The fourth-order valence-electron chi connectivity index (χ4n) is 2.00. The van der Waals surface area contributed by atoms with Crippen LogP contribution < -0.4 is 9.47 Å². The lowest BCUT2D eigenvalue weighted by Gasteiger charge is -2.11. The zero-order valence-electron chi connectivity index (χ0n) is 13.5. The third-order valence-electron chi connectivity index (χ3n) is 3.31. The number of carbonyl (C=O) groups is 2. The molecule has 0 aromatic heterocycles. The highest BCUT2D eigenvalue weighted by molar-refractivity contribution is 5.86. The van der Waals surface area contributed by atoms with E-state index < -0.39 is 5.97 Å². The van der Waals surface area contributed by atoms with E-state index in [9.17, 15) is 9.59 Å². The van der Waals surface area contributed by atoms with Crippen molar-refractivity contribution in [1.82, 2.24) is 0 Å². The molecular formula is C19H18O5. The minimum Gasteiger partial charge on any atom is -0.493 e. The molecule has 2 aromatic rings. The van der Waals surface area contributed by atoms with E-state index in [-0.39, 0.29) is 0 Å². The molecule has 0 amide bonds. The summed E-state index contributed by atoms with van der Waals surface area (Å²) in [6.07, 6.45) is 3.80. The van der Waals surface area contributed by atoms with Crippen molar-refractivity contribution in [2.24, 2.45) is 0 Å². The van der Waals surface area contributed by atoms with Gasteiger partial charge in [0.15, 0.2) is 11.5 Å². The van der Waals surface area contributed by atoms with Crippen molar-refractivity contribution in [3.63, 3.8) is 0 Å². The maximum atomic E-state index is 11.1. The number of rotatable bonds is 7. The van der Waals surface area contributed by atoms with Crippen LogP contribution in [-0.2, 0) is 16.1 Å². The average Bonchev–Trinajstić information content (AvgIpc) is 2.64. The second-order valence-corrected chi connectivity index (χ2v) is 4.91. The third-order valence-corrected chi connectivity index (χ3v) is 3.31. The molecule has 2 aromatic carbocycles. The molecule has 24 heavy (non-hydrogen) atoms. The summed E-state index contributed by atoms with van der Waals surface area (Å²) >= 11 is 0. The Morgan fingerprint density at radius 2 is 1.71 bits per heavy atom. The Bertz CT molecular complexity index is 732. The van der Waals surface area contributed by atoms with E-state index in [0.717, 1.165) is 17.4 Å². The number of benzene rings is 2. The Balaban J connectivity index is 2.01. The van der Waals surface area contributed by atoms with Crippen molar-refractivity contribution >= 4 is 18.3 Å². The highest BCUT2D eigenvalue weighted by atomic mass is 16.5. The monoisotopic (exact) mass is 326 g/mol. The zero-order valence-corrected chi connectivity index (χ0v) is 13.5. The normalized spacial score (nSPS) is 10.4. The van der Waals surface area contributed by atoms with Crippen LogP contribution in [0.1, 0.15) is 21.5 Å². The van der Waals surface area contributed by atoms with Gasteiger partial charge in [-0.25, -0.2) is 4.79 Å². The van der Waals surface area contributed by atoms with Gasteiger partial charge in [0, 0.05) is 11.6 Å². The maximum Gasteiger partial charge on any atom is 0.330 e. The summed E-state index contributed by atoms with van der Waals surface area (Å²) in [6.45, 7) is 0.359. The minimum absolute atomic E-state index is 0.359. The van der Waals surface area contributed by atoms with Crippen LogP contribution in [0.2, 0.25) is 0 Å². The van der Waals surface area contributed by atoms with Crippen molar-refractivity contribution in [3.05, 3.63) is 65.2 Å². The SMILES string of the molecule is COC(=O)/C=C/c1ccc(COc2ccc(C=O)cc2OC)cc1. The van der Waals surface area contributed by atoms with E-state index in [4.69, 9.17) is 9.47 Å². The van der Waals surface area contributed by atoms with Crippen LogP contribution in [0.5, 0.6) is 11.5 Å². The topological polar surface area (TPSA) is 61.8 Å². The summed E-state index contributed by atoms with van der Waals surface area (Å²) in [5, 5.41) is 0. The van der Waals surface area contributed by atoms with Gasteiger partial charge in [-0.05, 0) is 35.4 Å². The molecule has 5 heteroatoms. The molecule has 0 radical (unpaired) electrons. The molecule has 0 bridgehead atoms. The minimum atomic E-state index is -0.395. The van der Waals surface area contributed by atoms with Gasteiger partial charge in [0.05, 0.1) is 14.2 Å². The molecule has 0 aliphatic carbocycles. The van der Waals surface area contributed by atoms with E-state index in [0.29, 0.717) is 23.7 Å². The largest absolute Gasteiger partial charge is 0.493 e. The van der Waals surface area contributed by atoms with E-state index in [1.54, 1.807) is 24.3 Å². The van der Waals surface area contributed by atoms with Crippen molar-refractivity contribution < 1.29 is 23.8 Å². The third kappa shape index (κ3) is 4.71. The second-order valence-electron chi connectivity index (χ2n) is 4.91. The van der Waals surface area contributed by atoms with Gasteiger partial charge in [-0.3, -0.25) is 4.79 Å². The molecule has 0 saturated heterocycles. The Morgan fingerprint density at radius 1 is 1.00 bits per heavy atom. The standard InChI is InChI=1S/C19H18O5/c1-22-18-11-16(12-20)7-9-17(18)24-13-15-5-3-14(4-6-15)8-10-19(21)23-2/h3-12H,13H2,1-2H3/b10-8+. The van der Waals surface area contributed by atoms with Gasteiger partial charge in [-0.2, -0.15) is 0 Å². The summed E-state index contributed by atoms with van der Waals surface area (Å²) < 4.78 is 15.5. The van der Waals surface area contributed by atoms with Crippen LogP contribution in [0.3, 0.4) is 0 Å². The van der Waals surface area contributed by atoms with Gasteiger partial charge < -0.3 is 14.2 Å². The quantitative estimate of drug-likeness (QED) is 0.444. The molecule has 0 saturated carbocycles. The predicted molar refractivity (Wildman–Crippen MR) is 90.2 cm³/mol. The van der Waals surface area contributed by atoms with Crippen molar-refractivity contribution in [2.75, 3.05) is 14.2 Å². The number of methoxy groups -OCH3 is 2. The number of esters is 1. The van der Waals surface area contributed by atoms with E-state index in [1.165, 1.54) is 20.3 Å². The highest BCUT2D eigenvalue weighted by Gasteiger charge is 2.06. The first kappa shape index (κ1) is 17.3. The van der Waals surface area contributed by atoms with Gasteiger partial charge in [0.2, 0.25) is 0 Å². The van der Waals surface area contributed by atoms with Crippen molar-refractivity contribution in [1.29, 1.82) is 0 Å². The molecule has 0 aliphatic rings. The molecular weight excluding hydrogens is 308 g/mol. The Morgan fingerprint density at radius 3 is 2.33 bits per heavy atom. The molecule has 5 nitrogen and oxygen atoms in total. The van der Waals surface area contributed by atoms with Gasteiger partial charge >= 0.3 is 5.97 Å². The van der Waals surface area contributed by atoms with Crippen LogP contribution in [0, 0.1) is 0 Å². The molecule has 124 valence electrons. The zero-order chi connectivity index (χ0) is 17.4. The van der Waals surface area contributed by atoms with Crippen LogP contribution >= 0.6 is 0 Å². The molecule has 0 unspecified atom stereocenters. The number of carbonyl (C=O) groups excluding carboxylic acids is 2. The molecule has 0 heterocycles. The first-order chi connectivity index (χ1) is 11.7. The fourth-order valence-corrected chi connectivity index (χ4v) is 2.00. The number of aldehydes is 1. The second kappa shape index (κ2) is 8.53. The van der Waals surface area contributed by atoms with E-state index in [1.807, 2.05) is 24.3 Å². The first-order valence-electron chi connectivity index (χ1n) is 7.27. The Kier molecular flexibility index (Phi) is 6.14. The van der Waals surface area contributed by atoms with Crippen LogP contribution in [0.25, 0.3) is 6.08 Å². The smallest absolute Gasteiger partial charge is 0.330 e. The van der Waals surface area contributed by atoms with Gasteiger partial charge in [0.1, 0.15) is 12.9 Å². The highest BCUT2D eigenvalue weighted by Crippen LogP contribution is 2.28. The van der Waals surface area contributed by atoms with Crippen LogP contribution in [0.15, 0.2) is 48.5 Å². The number of hydrogen-bond donors (Lipinski definition) is 0. The van der Waals surface area contributed by atoms with Crippen molar-refractivity contribution in [3.8, 4) is 11.5 Å². The number of hydrogen-bond acceptors (Lipinski definition) is 5. The summed E-state index contributed by atoms with van der Waals surface area (Å²) in [7, 11) is 2.86. The molecule has 0 spiro atoms. The lowest BCUT2D eigenvalue weighted by Crippen LogP contribution is -1.98. The Hall–Kier alpha value is -3.08. The van der Waals surface area contributed by atoms with E-state index >= 15 is 0 Å². The predicted octanol–water partition coefficient (Wildman–Crippen LogP) is 3.27. The maximum absolute atomic E-state index is 11.1. The summed E-state index contributed by atoms with van der Waals surface area (Å²) in [6, 6.07) is 12.6. The molecule has 0 aliphatic heterocycles. The summed E-state index contributed by atoms with van der Waals surface area (Å²) in [5.41, 5.74) is 2.38. The summed E-state index contributed by atoms with van der Waals surface area (Å²) in [4.78, 5) is 21.8. The van der Waals surface area contributed by atoms with Crippen molar-refractivity contribution in [2.45, 2.75) is 6.61 Å². The lowest BCUT2D eigenvalue weighted by molar-refractivity contribution is -0.134. The van der Waals surface area contributed by atoms with Gasteiger partial charge in [-0.15, -0.1) is 0 Å². The Labute approximate surface area is 140 Å².